The lowest BCUT2D eigenvalue weighted by Crippen LogP contribution is -2.43. The fourth-order valence-corrected chi connectivity index (χ4v) is 2.95. The van der Waals surface area contributed by atoms with Gasteiger partial charge in [0.1, 0.15) is 5.76 Å². The van der Waals surface area contributed by atoms with E-state index in [0.29, 0.717) is 38.1 Å². The Morgan fingerprint density at radius 1 is 1.25 bits per heavy atom. The number of nitro benzene ring substituents is 1. The Morgan fingerprint density at radius 3 is 2.57 bits per heavy atom. The number of halogens is 3. The van der Waals surface area contributed by atoms with E-state index in [1.54, 1.807) is 12.1 Å². The summed E-state index contributed by atoms with van der Waals surface area (Å²) in [6.45, 7) is 2.04. The maximum Gasteiger partial charge on any atom is 0.308 e. The SMILES string of the molecule is O=C(NCC(c1ccco1)N1CCOCC1)c1cc([N+](=O)[O-])c(F)c(F)c1F. The number of nitrogens with one attached hydrogen (secondary N) is 1. The van der Waals surface area contributed by atoms with Crippen LogP contribution in [-0.2, 0) is 4.74 Å². The Hall–Kier alpha value is -2.92. The first-order chi connectivity index (χ1) is 13.4. The van der Waals surface area contributed by atoms with Crippen LogP contribution in [0.4, 0.5) is 18.9 Å². The first-order valence-electron chi connectivity index (χ1n) is 8.35. The van der Waals surface area contributed by atoms with Gasteiger partial charge in [-0.05, 0) is 12.1 Å². The number of hydrogen-bond acceptors (Lipinski definition) is 6. The van der Waals surface area contributed by atoms with E-state index >= 15 is 0 Å². The molecule has 1 aromatic heterocycles. The normalized spacial score (nSPS) is 16.0. The van der Waals surface area contributed by atoms with E-state index in [2.05, 4.69) is 5.32 Å². The molecule has 0 saturated carbocycles. The third-order valence-corrected chi connectivity index (χ3v) is 4.38. The largest absolute Gasteiger partial charge is 0.468 e. The average molecular weight is 399 g/mol. The van der Waals surface area contributed by atoms with E-state index < -0.39 is 45.6 Å². The molecule has 0 aliphatic carbocycles. The lowest BCUT2D eigenvalue weighted by molar-refractivity contribution is -0.387. The zero-order valence-corrected chi connectivity index (χ0v) is 14.5. The minimum atomic E-state index is -2.07. The molecule has 1 unspecified atom stereocenters. The van der Waals surface area contributed by atoms with Crippen molar-refractivity contribution < 1.29 is 32.0 Å². The van der Waals surface area contributed by atoms with Gasteiger partial charge in [-0.15, -0.1) is 0 Å². The summed E-state index contributed by atoms with van der Waals surface area (Å²) in [6, 6.07) is 3.34. The third kappa shape index (κ3) is 3.99. The Labute approximate surface area is 157 Å². The molecular formula is C17H16F3N3O5. The van der Waals surface area contributed by atoms with Crippen LogP contribution in [0, 0.1) is 27.6 Å². The number of amides is 1. The van der Waals surface area contributed by atoms with Crippen LogP contribution in [-0.4, -0.2) is 48.6 Å². The lowest BCUT2D eigenvalue weighted by atomic mass is 10.1. The van der Waals surface area contributed by atoms with Gasteiger partial charge in [-0.3, -0.25) is 19.8 Å². The quantitative estimate of drug-likeness (QED) is 0.455. The van der Waals surface area contributed by atoms with Crippen LogP contribution in [0.25, 0.3) is 0 Å². The lowest BCUT2D eigenvalue weighted by Gasteiger charge is -2.33. The van der Waals surface area contributed by atoms with Crippen LogP contribution >= 0.6 is 0 Å². The number of carbonyl (C=O) groups is 1. The van der Waals surface area contributed by atoms with Gasteiger partial charge < -0.3 is 14.5 Å². The summed E-state index contributed by atoms with van der Waals surface area (Å²) in [7, 11) is 0. The fourth-order valence-electron chi connectivity index (χ4n) is 2.95. The number of morpholine rings is 1. The molecule has 1 amide bonds. The molecule has 0 bridgehead atoms. The Morgan fingerprint density at radius 2 is 1.96 bits per heavy atom. The predicted octanol–water partition coefficient (Wildman–Crippen LogP) is 2.41. The highest BCUT2D eigenvalue weighted by Gasteiger charge is 2.30. The van der Waals surface area contributed by atoms with Gasteiger partial charge in [0.25, 0.3) is 5.91 Å². The second-order valence-electron chi connectivity index (χ2n) is 6.03. The van der Waals surface area contributed by atoms with Crippen LogP contribution < -0.4 is 5.32 Å². The molecule has 150 valence electrons. The maximum atomic E-state index is 14.0. The maximum absolute atomic E-state index is 14.0. The van der Waals surface area contributed by atoms with Gasteiger partial charge in [-0.2, -0.15) is 4.39 Å². The van der Waals surface area contributed by atoms with E-state index in [1.165, 1.54) is 6.26 Å². The van der Waals surface area contributed by atoms with Crippen molar-refractivity contribution in [2.45, 2.75) is 6.04 Å². The highest BCUT2D eigenvalue weighted by molar-refractivity contribution is 5.95. The van der Waals surface area contributed by atoms with Gasteiger partial charge in [0.15, 0.2) is 5.82 Å². The standard InChI is InChI=1S/C17H16F3N3O5/c18-14-10(8-11(23(25)26)15(19)16(14)20)17(24)21-9-12(13-2-1-5-28-13)22-3-6-27-7-4-22/h1-2,5,8,12H,3-4,6-7,9H2,(H,21,24). The summed E-state index contributed by atoms with van der Waals surface area (Å²) in [5.74, 6) is -6.39. The molecule has 1 atom stereocenters. The fraction of sp³-hybridized carbons (Fsp3) is 0.353. The average Bonchev–Trinajstić information content (AvgIpc) is 3.21. The highest BCUT2D eigenvalue weighted by atomic mass is 19.2. The summed E-state index contributed by atoms with van der Waals surface area (Å²) in [6.07, 6.45) is 1.46. The summed E-state index contributed by atoms with van der Waals surface area (Å²) < 4.78 is 51.7. The van der Waals surface area contributed by atoms with Crippen LogP contribution in [0.3, 0.4) is 0 Å². The van der Waals surface area contributed by atoms with Gasteiger partial charge >= 0.3 is 5.69 Å². The first-order valence-corrected chi connectivity index (χ1v) is 8.35. The van der Waals surface area contributed by atoms with Gasteiger partial charge in [0.2, 0.25) is 11.6 Å². The monoisotopic (exact) mass is 399 g/mol. The molecule has 0 radical (unpaired) electrons. The molecule has 0 spiro atoms. The van der Waals surface area contributed by atoms with Crippen molar-refractivity contribution in [2.75, 3.05) is 32.8 Å². The molecule has 1 fully saturated rings. The number of nitrogens with zero attached hydrogens (tertiary/aromatic N) is 2. The van der Waals surface area contributed by atoms with Gasteiger partial charge in [0.05, 0.1) is 36.0 Å². The van der Waals surface area contributed by atoms with Gasteiger partial charge in [0, 0.05) is 25.7 Å². The third-order valence-electron chi connectivity index (χ3n) is 4.38. The van der Waals surface area contributed by atoms with Gasteiger partial charge in [-0.25, -0.2) is 8.78 Å². The number of benzene rings is 1. The number of rotatable bonds is 6. The van der Waals surface area contributed by atoms with Crippen molar-refractivity contribution >= 4 is 11.6 Å². The van der Waals surface area contributed by atoms with Crippen molar-refractivity contribution in [1.82, 2.24) is 10.2 Å². The van der Waals surface area contributed by atoms with Crippen LogP contribution in [0.5, 0.6) is 0 Å². The van der Waals surface area contributed by atoms with Gasteiger partial charge in [-0.1, -0.05) is 0 Å². The van der Waals surface area contributed by atoms with E-state index in [9.17, 15) is 28.1 Å². The van der Waals surface area contributed by atoms with E-state index in [-0.39, 0.29) is 6.54 Å². The Bertz CT molecular complexity index is 869. The topological polar surface area (TPSA) is 97.9 Å². The van der Waals surface area contributed by atoms with Crippen molar-refractivity contribution in [3.8, 4) is 0 Å². The van der Waals surface area contributed by atoms with Crippen molar-refractivity contribution in [2.24, 2.45) is 0 Å². The second kappa shape index (κ2) is 8.40. The summed E-state index contributed by atoms with van der Waals surface area (Å²) >= 11 is 0. The zero-order chi connectivity index (χ0) is 20.3. The zero-order valence-electron chi connectivity index (χ0n) is 14.5. The highest BCUT2D eigenvalue weighted by Crippen LogP contribution is 2.26. The Balaban J connectivity index is 1.81. The van der Waals surface area contributed by atoms with Crippen LogP contribution in [0.2, 0.25) is 0 Å². The van der Waals surface area contributed by atoms with Crippen molar-refractivity contribution in [1.29, 1.82) is 0 Å². The van der Waals surface area contributed by atoms with E-state index in [0.717, 1.165) is 0 Å². The molecule has 1 saturated heterocycles. The minimum Gasteiger partial charge on any atom is -0.468 e. The molecule has 1 aliphatic heterocycles. The molecule has 1 aliphatic rings. The van der Waals surface area contributed by atoms with Crippen LogP contribution in [0.15, 0.2) is 28.9 Å². The minimum absolute atomic E-state index is 0.0431. The number of nitro groups is 1. The second-order valence-corrected chi connectivity index (χ2v) is 6.03. The van der Waals surface area contributed by atoms with E-state index in [4.69, 9.17) is 9.15 Å². The smallest absolute Gasteiger partial charge is 0.308 e. The Kier molecular flexibility index (Phi) is 5.95. The molecule has 1 N–H and O–H groups in total. The number of furan rings is 1. The number of hydrogen-bond donors (Lipinski definition) is 1. The molecule has 3 rings (SSSR count). The molecule has 28 heavy (non-hydrogen) atoms. The summed E-state index contributed by atoms with van der Waals surface area (Å²) in [4.78, 5) is 23.9. The summed E-state index contributed by atoms with van der Waals surface area (Å²) in [5, 5.41) is 13.2. The summed E-state index contributed by atoms with van der Waals surface area (Å²) in [5.41, 5.74) is -2.27. The molecule has 2 heterocycles. The molecule has 1 aromatic carbocycles. The molecule has 11 heteroatoms. The molecule has 2 aromatic rings. The predicted molar refractivity (Wildman–Crippen MR) is 89.1 cm³/mol. The molecule has 8 nitrogen and oxygen atoms in total. The van der Waals surface area contributed by atoms with E-state index in [1.807, 2.05) is 4.90 Å². The number of carbonyl (C=O) groups excluding carboxylic acids is 1. The van der Waals surface area contributed by atoms with Crippen molar-refractivity contribution in [3.05, 3.63) is 63.4 Å². The first kappa shape index (κ1) is 19.8. The van der Waals surface area contributed by atoms with Crippen LogP contribution in [0.1, 0.15) is 22.2 Å². The molecular weight excluding hydrogens is 383 g/mol. The number of ether oxygens (including phenoxy) is 1. The van der Waals surface area contributed by atoms with Crippen molar-refractivity contribution in [3.63, 3.8) is 0 Å².